The average molecular weight is 285 g/mol. The summed E-state index contributed by atoms with van der Waals surface area (Å²) in [5, 5.41) is 14.0. The molecule has 1 saturated heterocycles. The topological polar surface area (TPSA) is 65.0 Å². The fraction of sp³-hybridized carbons (Fsp3) is 0.529. The second kappa shape index (κ2) is 6.39. The first-order valence-corrected chi connectivity index (χ1v) is 7.84. The first-order chi connectivity index (χ1) is 10.3. The number of carbonyl (C=O) groups excluding carboxylic acids is 1. The minimum Gasteiger partial charge on any atom is -0.349 e. The molecular formula is C17H23N3O. The molecule has 1 saturated carbocycles. The molecular weight excluding hydrogens is 262 g/mol. The Balaban J connectivity index is 1.71. The first-order valence-electron chi connectivity index (χ1n) is 7.84. The number of benzene rings is 1. The van der Waals surface area contributed by atoms with Gasteiger partial charge in [0.2, 0.25) is 5.91 Å². The summed E-state index contributed by atoms with van der Waals surface area (Å²) in [6.07, 6.45) is 4.26. The molecule has 1 amide bonds. The Labute approximate surface area is 125 Å². The minimum absolute atomic E-state index is 0.0783. The van der Waals surface area contributed by atoms with Gasteiger partial charge >= 0.3 is 0 Å². The summed E-state index contributed by atoms with van der Waals surface area (Å²) in [6, 6.07) is 9.89. The highest BCUT2D eigenvalue weighted by molar-refractivity contribution is 5.80. The molecule has 3 atom stereocenters. The molecule has 4 nitrogen and oxygen atoms in total. The number of piperidine rings is 1. The molecule has 3 rings (SSSR count). The maximum absolute atomic E-state index is 12.7. The van der Waals surface area contributed by atoms with Crippen molar-refractivity contribution in [2.45, 2.75) is 25.3 Å². The lowest BCUT2D eigenvalue weighted by molar-refractivity contribution is -0.128. The summed E-state index contributed by atoms with van der Waals surface area (Å²) >= 11 is 0. The second-order valence-electron chi connectivity index (χ2n) is 6.19. The van der Waals surface area contributed by atoms with E-state index in [9.17, 15) is 4.79 Å². The van der Waals surface area contributed by atoms with E-state index in [4.69, 9.17) is 5.41 Å². The molecule has 2 fully saturated rings. The first kappa shape index (κ1) is 14.3. The van der Waals surface area contributed by atoms with Gasteiger partial charge in [0.1, 0.15) is 0 Å². The quantitative estimate of drug-likeness (QED) is 0.726. The van der Waals surface area contributed by atoms with E-state index in [1.165, 1.54) is 6.21 Å². The van der Waals surface area contributed by atoms with Crippen molar-refractivity contribution >= 4 is 12.1 Å². The molecule has 4 heteroatoms. The van der Waals surface area contributed by atoms with Gasteiger partial charge in [-0.25, -0.2) is 0 Å². The van der Waals surface area contributed by atoms with Crippen LogP contribution in [0.4, 0.5) is 0 Å². The SMILES string of the molecule is N=CCC(NC(=O)C1C2CCC1CNC2)c1ccccc1. The van der Waals surface area contributed by atoms with E-state index in [1.807, 2.05) is 30.3 Å². The third-order valence-electron chi connectivity index (χ3n) is 4.91. The zero-order valence-corrected chi connectivity index (χ0v) is 12.2. The van der Waals surface area contributed by atoms with Gasteiger partial charge in [-0.15, -0.1) is 0 Å². The lowest BCUT2D eigenvalue weighted by Gasteiger charge is -2.31. The molecule has 2 aliphatic rings. The van der Waals surface area contributed by atoms with Crippen molar-refractivity contribution < 1.29 is 4.79 Å². The van der Waals surface area contributed by atoms with Crippen LogP contribution in [-0.4, -0.2) is 25.2 Å². The van der Waals surface area contributed by atoms with Crippen LogP contribution in [0.1, 0.15) is 30.9 Å². The summed E-state index contributed by atoms with van der Waals surface area (Å²) in [7, 11) is 0. The fourth-order valence-electron chi connectivity index (χ4n) is 3.86. The lowest BCUT2D eigenvalue weighted by atomic mass is 9.85. The summed E-state index contributed by atoms with van der Waals surface area (Å²) in [6.45, 7) is 1.93. The monoisotopic (exact) mass is 285 g/mol. The molecule has 1 aromatic rings. The molecule has 112 valence electrons. The van der Waals surface area contributed by atoms with Crippen LogP contribution in [0.15, 0.2) is 30.3 Å². The second-order valence-corrected chi connectivity index (χ2v) is 6.19. The van der Waals surface area contributed by atoms with Crippen LogP contribution in [0.2, 0.25) is 0 Å². The van der Waals surface area contributed by atoms with Crippen molar-refractivity contribution in [1.29, 1.82) is 5.41 Å². The molecule has 0 aromatic heterocycles. The van der Waals surface area contributed by atoms with E-state index in [-0.39, 0.29) is 17.9 Å². The van der Waals surface area contributed by atoms with Crippen LogP contribution in [0.3, 0.4) is 0 Å². The third-order valence-corrected chi connectivity index (χ3v) is 4.91. The van der Waals surface area contributed by atoms with Gasteiger partial charge in [0.05, 0.1) is 6.04 Å². The van der Waals surface area contributed by atoms with Gasteiger partial charge in [-0.05, 0) is 49.5 Å². The van der Waals surface area contributed by atoms with Gasteiger partial charge in [0.15, 0.2) is 0 Å². The Bertz CT molecular complexity index is 486. The van der Waals surface area contributed by atoms with Gasteiger partial charge in [-0.1, -0.05) is 30.3 Å². The van der Waals surface area contributed by atoms with Crippen LogP contribution < -0.4 is 10.6 Å². The van der Waals surface area contributed by atoms with Gasteiger partial charge in [-0.2, -0.15) is 0 Å². The van der Waals surface area contributed by atoms with Crippen LogP contribution in [-0.2, 0) is 4.79 Å². The number of hydrogen-bond donors (Lipinski definition) is 3. The zero-order chi connectivity index (χ0) is 14.7. The molecule has 21 heavy (non-hydrogen) atoms. The highest BCUT2D eigenvalue weighted by atomic mass is 16.2. The third kappa shape index (κ3) is 3.00. The molecule has 1 aliphatic heterocycles. The summed E-state index contributed by atoms with van der Waals surface area (Å²) in [5.41, 5.74) is 1.08. The Morgan fingerprint density at radius 3 is 2.57 bits per heavy atom. The maximum atomic E-state index is 12.7. The minimum atomic E-state index is -0.0783. The van der Waals surface area contributed by atoms with Gasteiger partial charge < -0.3 is 16.0 Å². The molecule has 2 bridgehead atoms. The zero-order valence-electron chi connectivity index (χ0n) is 12.2. The van der Waals surface area contributed by atoms with Gasteiger partial charge in [-0.3, -0.25) is 4.79 Å². The van der Waals surface area contributed by atoms with Crippen LogP contribution in [0.25, 0.3) is 0 Å². The normalized spacial score (nSPS) is 28.9. The number of rotatable bonds is 5. The van der Waals surface area contributed by atoms with E-state index in [0.717, 1.165) is 31.5 Å². The lowest BCUT2D eigenvalue weighted by Crippen LogP contribution is -2.46. The molecule has 1 aromatic carbocycles. The smallest absolute Gasteiger partial charge is 0.224 e. The molecule has 1 aliphatic carbocycles. The molecule has 0 spiro atoms. The summed E-state index contributed by atoms with van der Waals surface area (Å²) < 4.78 is 0. The molecule has 0 radical (unpaired) electrons. The number of hydrogen-bond acceptors (Lipinski definition) is 3. The largest absolute Gasteiger partial charge is 0.349 e. The molecule has 3 unspecified atom stereocenters. The Morgan fingerprint density at radius 1 is 1.29 bits per heavy atom. The maximum Gasteiger partial charge on any atom is 0.224 e. The van der Waals surface area contributed by atoms with Crippen molar-refractivity contribution in [3.8, 4) is 0 Å². The average Bonchev–Trinajstić information content (AvgIpc) is 2.77. The predicted octanol–water partition coefficient (Wildman–Crippen LogP) is 2.13. The van der Waals surface area contributed by atoms with Crippen LogP contribution in [0, 0.1) is 23.2 Å². The Kier molecular flexibility index (Phi) is 4.34. The van der Waals surface area contributed by atoms with Gasteiger partial charge in [0.25, 0.3) is 0 Å². The number of fused-ring (bicyclic) bond motifs is 2. The number of nitrogens with one attached hydrogen (secondary N) is 3. The van der Waals surface area contributed by atoms with E-state index in [1.54, 1.807) is 0 Å². The highest BCUT2D eigenvalue weighted by Gasteiger charge is 2.43. The van der Waals surface area contributed by atoms with Crippen molar-refractivity contribution in [3.63, 3.8) is 0 Å². The fourth-order valence-corrected chi connectivity index (χ4v) is 3.86. The Morgan fingerprint density at radius 2 is 1.95 bits per heavy atom. The van der Waals surface area contributed by atoms with Crippen molar-refractivity contribution in [2.75, 3.05) is 13.1 Å². The van der Waals surface area contributed by atoms with Crippen LogP contribution >= 0.6 is 0 Å². The highest BCUT2D eigenvalue weighted by Crippen LogP contribution is 2.39. The standard InChI is InChI=1S/C17H23N3O/c18-9-8-15(12-4-2-1-3-5-12)20-17(21)16-13-6-7-14(16)11-19-10-13/h1-5,9,13-16,18-19H,6-8,10-11H2,(H,20,21). The molecule has 3 N–H and O–H groups in total. The van der Waals surface area contributed by atoms with E-state index >= 15 is 0 Å². The molecule has 1 heterocycles. The van der Waals surface area contributed by atoms with E-state index < -0.39 is 0 Å². The summed E-state index contributed by atoms with van der Waals surface area (Å²) in [5.74, 6) is 1.31. The van der Waals surface area contributed by atoms with E-state index in [0.29, 0.717) is 18.3 Å². The van der Waals surface area contributed by atoms with Crippen molar-refractivity contribution in [1.82, 2.24) is 10.6 Å². The predicted molar refractivity (Wildman–Crippen MR) is 83.3 cm³/mol. The van der Waals surface area contributed by atoms with Crippen molar-refractivity contribution in [3.05, 3.63) is 35.9 Å². The van der Waals surface area contributed by atoms with Crippen molar-refractivity contribution in [2.24, 2.45) is 17.8 Å². The van der Waals surface area contributed by atoms with Gasteiger partial charge in [0, 0.05) is 12.3 Å². The van der Waals surface area contributed by atoms with E-state index in [2.05, 4.69) is 10.6 Å². The Hall–Kier alpha value is -1.68. The number of carbonyl (C=O) groups is 1. The number of amides is 1. The summed E-state index contributed by atoms with van der Waals surface area (Å²) in [4.78, 5) is 12.7. The van der Waals surface area contributed by atoms with Crippen LogP contribution in [0.5, 0.6) is 0 Å².